The van der Waals surface area contributed by atoms with Gasteiger partial charge in [-0.25, -0.2) is 0 Å². The smallest absolute Gasteiger partial charge is 0.246 e. The van der Waals surface area contributed by atoms with E-state index in [9.17, 15) is 9.59 Å². The van der Waals surface area contributed by atoms with Crippen molar-refractivity contribution in [2.24, 2.45) is 0 Å². The van der Waals surface area contributed by atoms with Gasteiger partial charge in [-0.1, -0.05) is 18.7 Å². The van der Waals surface area contributed by atoms with E-state index in [0.29, 0.717) is 0 Å². The van der Waals surface area contributed by atoms with Crippen molar-refractivity contribution in [3.8, 4) is 5.75 Å². The summed E-state index contributed by atoms with van der Waals surface area (Å²) in [5, 5.41) is 2.90. The van der Waals surface area contributed by atoms with Crippen molar-refractivity contribution in [2.45, 2.75) is 25.8 Å². The minimum atomic E-state index is -0.270. The first-order valence-electron chi connectivity index (χ1n) is 7.43. The van der Waals surface area contributed by atoms with Crippen LogP contribution in [0.1, 0.15) is 30.5 Å². The lowest BCUT2D eigenvalue weighted by molar-refractivity contribution is -0.131. The topological polar surface area (TPSA) is 58.6 Å². The van der Waals surface area contributed by atoms with Crippen molar-refractivity contribution in [1.82, 2.24) is 10.2 Å². The van der Waals surface area contributed by atoms with Gasteiger partial charge in [-0.15, -0.1) is 0 Å². The molecule has 0 spiro atoms. The Morgan fingerprint density at radius 2 is 2.27 bits per heavy atom. The number of carbonyl (C=O) groups is 2. The van der Waals surface area contributed by atoms with Gasteiger partial charge in [0.05, 0.1) is 19.2 Å². The van der Waals surface area contributed by atoms with E-state index < -0.39 is 0 Å². The molecular weight excluding hydrogens is 280 g/mol. The van der Waals surface area contributed by atoms with E-state index in [-0.39, 0.29) is 24.4 Å². The van der Waals surface area contributed by atoms with Crippen LogP contribution in [0.2, 0.25) is 0 Å². The Bertz CT molecular complexity index is 583. The van der Waals surface area contributed by atoms with E-state index in [1.807, 2.05) is 19.1 Å². The third-order valence-electron chi connectivity index (χ3n) is 3.74. The summed E-state index contributed by atoms with van der Waals surface area (Å²) in [6.07, 6.45) is 3.21. The first kappa shape index (κ1) is 16.1. The van der Waals surface area contributed by atoms with Gasteiger partial charge in [0.1, 0.15) is 5.75 Å². The molecule has 5 heteroatoms. The molecule has 1 aliphatic heterocycles. The van der Waals surface area contributed by atoms with Crippen LogP contribution in [0.3, 0.4) is 0 Å². The SMILES string of the molecule is C=CC(=O)N(C)CC(=O)NC(C)c1ccc2c(c1)CCCO2. The van der Waals surface area contributed by atoms with Crippen LogP contribution in [-0.4, -0.2) is 36.9 Å². The number of carbonyl (C=O) groups excluding carboxylic acids is 2. The number of benzene rings is 1. The van der Waals surface area contributed by atoms with Crippen LogP contribution in [0, 0.1) is 0 Å². The Hall–Kier alpha value is -2.30. The van der Waals surface area contributed by atoms with E-state index >= 15 is 0 Å². The quantitative estimate of drug-likeness (QED) is 0.844. The van der Waals surface area contributed by atoms with Crippen molar-refractivity contribution in [1.29, 1.82) is 0 Å². The molecule has 1 aliphatic rings. The molecule has 2 rings (SSSR count). The van der Waals surface area contributed by atoms with Crippen molar-refractivity contribution >= 4 is 11.8 Å². The molecule has 118 valence electrons. The molecule has 0 saturated carbocycles. The summed E-state index contributed by atoms with van der Waals surface area (Å²) < 4.78 is 5.59. The average Bonchev–Trinajstić information content (AvgIpc) is 2.53. The Labute approximate surface area is 130 Å². The molecule has 0 radical (unpaired) electrons. The highest BCUT2D eigenvalue weighted by Gasteiger charge is 2.16. The van der Waals surface area contributed by atoms with Gasteiger partial charge in [0.25, 0.3) is 0 Å². The minimum Gasteiger partial charge on any atom is -0.493 e. The highest BCUT2D eigenvalue weighted by Crippen LogP contribution is 2.27. The number of nitrogens with one attached hydrogen (secondary N) is 1. The van der Waals surface area contributed by atoms with Gasteiger partial charge in [0, 0.05) is 7.05 Å². The van der Waals surface area contributed by atoms with E-state index in [1.165, 1.54) is 16.5 Å². The largest absolute Gasteiger partial charge is 0.493 e. The molecule has 1 N–H and O–H groups in total. The lowest BCUT2D eigenvalue weighted by Gasteiger charge is -2.21. The van der Waals surface area contributed by atoms with Gasteiger partial charge in [-0.2, -0.15) is 0 Å². The predicted octanol–water partition coefficient (Wildman–Crippen LogP) is 1.83. The zero-order valence-electron chi connectivity index (χ0n) is 13.1. The summed E-state index contributed by atoms with van der Waals surface area (Å²) in [6, 6.07) is 5.89. The normalized spacial score (nSPS) is 14.3. The van der Waals surface area contributed by atoms with E-state index in [2.05, 4.69) is 18.0 Å². The lowest BCUT2D eigenvalue weighted by atomic mass is 10.00. The number of nitrogens with zero attached hydrogens (tertiary/aromatic N) is 1. The maximum absolute atomic E-state index is 12.0. The van der Waals surface area contributed by atoms with Crippen molar-refractivity contribution < 1.29 is 14.3 Å². The maximum Gasteiger partial charge on any atom is 0.246 e. The van der Waals surface area contributed by atoms with Crippen LogP contribution >= 0.6 is 0 Å². The number of ether oxygens (including phenoxy) is 1. The Morgan fingerprint density at radius 3 is 3.00 bits per heavy atom. The van der Waals surface area contributed by atoms with Crippen LogP contribution in [0.4, 0.5) is 0 Å². The van der Waals surface area contributed by atoms with Crippen molar-refractivity contribution in [3.05, 3.63) is 42.0 Å². The Balaban J connectivity index is 1.97. The van der Waals surface area contributed by atoms with Gasteiger partial charge in [0.2, 0.25) is 11.8 Å². The number of aryl methyl sites for hydroxylation is 1. The molecule has 5 nitrogen and oxygen atoms in total. The maximum atomic E-state index is 12.0. The van der Waals surface area contributed by atoms with E-state index in [4.69, 9.17) is 4.74 Å². The molecule has 0 aliphatic carbocycles. The molecule has 0 aromatic heterocycles. The first-order chi connectivity index (χ1) is 10.5. The number of fused-ring (bicyclic) bond motifs is 1. The van der Waals surface area contributed by atoms with Gasteiger partial charge in [-0.3, -0.25) is 9.59 Å². The molecule has 1 unspecified atom stereocenters. The summed E-state index contributed by atoms with van der Waals surface area (Å²) in [6.45, 7) is 6.12. The molecule has 1 aromatic carbocycles. The Kier molecular flexibility index (Phi) is 5.20. The summed E-state index contributed by atoms with van der Waals surface area (Å²) in [7, 11) is 1.57. The van der Waals surface area contributed by atoms with Crippen LogP contribution in [-0.2, 0) is 16.0 Å². The molecule has 0 fully saturated rings. The second kappa shape index (κ2) is 7.11. The summed E-state index contributed by atoms with van der Waals surface area (Å²) in [4.78, 5) is 24.7. The molecule has 2 amide bonds. The average molecular weight is 302 g/mol. The zero-order valence-corrected chi connectivity index (χ0v) is 13.1. The van der Waals surface area contributed by atoms with Gasteiger partial charge >= 0.3 is 0 Å². The highest BCUT2D eigenvalue weighted by molar-refractivity contribution is 5.90. The summed E-state index contributed by atoms with van der Waals surface area (Å²) in [5.74, 6) is 0.470. The van der Waals surface area contributed by atoms with Crippen molar-refractivity contribution in [3.63, 3.8) is 0 Å². The van der Waals surface area contributed by atoms with Gasteiger partial charge < -0.3 is 15.0 Å². The third kappa shape index (κ3) is 3.87. The second-order valence-corrected chi connectivity index (χ2v) is 5.51. The number of hydrogen-bond donors (Lipinski definition) is 1. The van der Waals surface area contributed by atoms with Crippen molar-refractivity contribution in [2.75, 3.05) is 20.2 Å². The van der Waals surface area contributed by atoms with E-state index in [1.54, 1.807) is 7.05 Å². The number of amides is 2. The van der Waals surface area contributed by atoms with Gasteiger partial charge in [-0.05, 0) is 43.0 Å². The number of likely N-dealkylation sites (N-methyl/N-ethyl adjacent to an activating group) is 1. The van der Waals surface area contributed by atoms with Gasteiger partial charge in [0.15, 0.2) is 0 Å². The fraction of sp³-hybridized carbons (Fsp3) is 0.412. The van der Waals surface area contributed by atoms with E-state index in [0.717, 1.165) is 30.8 Å². The molecule has 0 saturated heterocycles. The molecule has 1 heterocycles. The predicted molar refractivity (Wildman–Crippen MR) is 84.6 cm³/mol. The lowest BCUT2D eigenvalue weighted by Crippen LogP contribution is -2.38. The molecule has 22 heavy (non-hydrogen) atoms. The number of hydrogen-bond acceptors (Lipinski definition) is 3. The van der Waals surface area contributed by atoms with Crippen LogP contribution < -0.4 is 10.1 Å². The zero-order chi connectivity index (χ0) is 16.1. The molecule has 1 aromatic rings. The monoisotopic (exact) mass is 302 g/mol. The van der Waals surface area contributed by atoms with Crippen LogP contribution in [0.15, 0.2) is 30.9 Å². The minimum absolute atomic E-state index is 0.0171. The summed E-state index contributed by atoms with van der Waals surface area (Å²) in [5.41, 5.74) is 2.22. The molecule has 1 atom stereocenters. The third-order valence-corrected chi connectivity index (χ3v) is 3.74. The van der Waals surface area contributed by atoms with Crippen LogP contribution in [0.5, 0.6) is 5.75 Å². The molecular formula is C17H22N2O3. The fourth-order valence-electron chi connectivity index (χ4n) is 2.47. The standard InChI is InChI=1S/C17H22N2O3/c1-4-17(21)19(3)11-16(20)18-12(2)13-7-8-15-14(10-13)6-5-9-22-15/h4,7-8,10,12H,1,5-6,9,11H2,2-3H3,(H,18,20). The number of rotatable bonds is 5. The Morgan fingerprint density at radius 1 is 1.50 bits per heavy atom. The fourth-order valence-corrected chi connectivity index (χ4v) is 2.47. The van der Waals surface area contributed by atoms with Crippen LogP contribution in [0.25, 0.3) is 0 Å². The second-order valence-electron chi connectivity index (χ2n) is 5.51. The first-order valence-corrected chi connectivity index (χ1v) is 7.43. The molecule has 0 bridgehead atoms. The summed E-state index contributed by atoms with van der Waals surface area (Å²) >= 11 is 0. The highest BCUT2D eigenvalue weighted by atomic mass is 16.5.